The van der Waals surface area contributed by atoms with Crippen molar-refractivity contribution in [1.82, 2.24) is 9.62 Å². The van der Waals surface area contributed by atoms with Gasteiger partial charge in [-0.1, -0.05) is 30.3 Å². The molecule has 1 heterocycles. The van der Waals surface area contributed by atoms with Crippen molar-refractivity contribution in [2.24, 2.45) is 5.73 Å². The van der Waals surface area contributed by atoms with Gasteiger partial charge in [0.15, 0.2) is 0 Å². The molecule has 0 saturated carbocycles. The molecule has 0 bridgehead atoms. The zero-order valence-corrected chi connectivity index (χ0v) is 15.6. The molecule has 3 N–H and O–H groups in total. The van der Waals surface area contributed by atoms with Crippen molar-refractivity contribution in [3.8, 4) is 0 Å². The number of sulfonamides is 1. The van der Waals surface area contributed by atoms with Crippen molar-refractivity contribution in [3.63, 3.8) is 0 Å². The van der Waals surface area contributed by atoms with Gasteiger partial charge in [-0.25, -0.2) is 17.5 Å². The third kappa shape index (κ3) is 4.52. The van der Waals surface area contributed by atoms with Crippen LogP contribution in [0, 0.1) is 5.82 Å². The molecule has 1 amide bonds. The monoisotopic (exact) mass is 391 g/mol. The SMILES string of the molecule is NC(CNS(=O)(=O)c1ccc(C(=O)N2CCCC2)c(F)c1)c1ccccc1. The maximum Gasteiger partial charge on any atom is 0.256 e. The summed E-state index contributed by atoms with van der Waals surface area (Å²) in [6, 6.07) is 11.9. The van der Waals surface area contributed by atoms with Crippen LogP contribution in [-0.4, -0.2) is 38.9 Å². The topological polar surface area (TPSA) is 92.5 Å². The van der Waals surface area contributed by atoms with Gasteiger partial charge in [0.2, 0.25) is 10.0 Å². The molecular weight excluding hydrogens is 369 g/mol. The molecule has 2 aromatic rings. The third-order valence-electron chi connectivity index (χ3n) is 4.60. The minimum absolute atomic E-state index is 0.0254. The van der Waals surface area contributed by atoms with E-state index in [4.69, 9.17) is 5.73 Å². The normalized spacial score (nSPS) is 15.7. The lowest BCUT2D eigenvalue weighted by atomic mass is 10.1. The smallest absolute Gasteiger partial charge is 0.256 e. The highest BCUT2D eigenvalue weighted by Gasteiger charge is 2.24. The second-order valence-corrected chi connectivity index (χ2v) is 8.28. The Hall–Kier alpha value is -2.29. The maximum atomic E-state index is 14.4. The average Bonchev–Trinajstić information content (AvgIpc) is 3.21. The van der Waals surface area contributed by atoms with Crippen LogP contribution in [0.25, 0.3) is 0 Å². The van der Waals surface area contributed by atoms with E-state index in [-0.39, 0.29) is 17.0 Å². The largest absolute Gasteiger partial charge is 0.339 e. The number of amides is 1. The molecule has 1 aliphatic rings. The van der Waals surface area contributed by atoms with E-state index in [1.165, 1.54) is 12.1 Å². The molecule has 1 atom stereocenters. The summed E-state index contributed by atoms with van der Waals surface area (Å²) < 4.78 is 41.6. The van der Waals surface area contributed by atoms with E-state index in [0.717, 1.165) is 24.5 Å². The van der Waals surface area contributed by atoms with Crippen LogP contribution in [0.4, 0.5) is 4.39 Å². The Labute approximate surface area is 158 Å². The van der Waals surface area contributed by atoms with Gasteiger partial charge < -0.3 is 10.6 Å². The van der Waals surface area contributed by atoms with Crippen molar-refractivity contribution in [2.75, 3.05) is 19.6 Å². The Morgan fingerprint density at radius 1 is 1.15 bits per heavy atom. The molecule has 3 rings (SSSR count). The van der Waals surface area contributed by atoms with E-state index in [9.17, 15) is 17.6 Å². The maximum absolute atomic E-state index is 14.4. The molecule has 0 aliphatic carbocycles. The predicted molar refractivity (Wildman–Crippen MR) is 100 cm³/mol. The molecule has 0 radical (unpaired) electrons. The van der Waals surface area contributed by atoms with Crippen LogP contribution in [0.15, 0.2) is 53.4 Å². The Morgan fingerprint density at radius 2 is 1.81 bits per heavy atom. The molecule has 27 heavy (non-hydrogen) atoms. The summed E-state index contributed by atoms with van der Waals surface area (Å²) >= 11 is 0. The molecule has 6 nitrogen and oxygen atoms in total. The Balaban J connectivity index is 1.71. The molecule has 0 aromatic heterocycles. The van der Waals surface area contributed by atoms with E-state index in [0.29, 0.717) is 13.1 Å². The van der Waals surface area contributed by atoms with Crippen LogP contribution >= 0.6 is 0 Å². The lowest BCUT2D eigenvalue weighted by Gasteiger charge is -2.16. The Morgan fingerprint density at radius 3 is 2.44 bits per heavy atom. The molecular formula is C19H22FN3O3S. The number of likely N-dealkylation sites (tertiary alicyclic amines) is 1. The standard InChI is InChI=1S/C19H22FN3O3S/c20-17-12-15(8-9-16(17)19(24)23-10-4-5-11-23)27(25,26)22-13-18(21)14-6-2-1-3-7-14/h1-3,6-9,12,18,22H,4-5,10-11,13,21H2. The summed E-state index contributed by atoms with van der Waals surface area (Å²) in [5, 5.41) is 0. The fourth-order valence-electron chi connectivity index (χ4n) is 3.03. The third-order valence-corrected chi connectivity index (χ3v) is 6.02. The van der Waals surface area contributed by atoms with Crippen LogP contribution in [0.5, 0.6) is 0 Å². The Bertz CT molecular complexity index is 913. The lowest BCUT2D eigenvalue weighted by molar-refractivity contribution is 0.0788. The zero-order valence-electron chi connectivity index (χ0n) is 14.8. The fraction of sp³-hybridized carbons (Fsp3) is 0.316. The molecule has 1 saturated heterocycles. The van der Waals surface area contributed by atoms with Gasteiger partial charge in [-0.3, -0.25) is 4.79 Å². The first-order chi connectivity index (χ1) is 12.9. The zero-order chi connectivity index (χ0) is 19.4. The quantitative estimate of drug-likeness (QED) is 0.788. The van der Waals surface area contributed by atoms with Gasteiger partial charge in [0.05, 0.1) is 10.5 Å². The van der Waals surface area contributed by atoms with Crippen LogP contribution in [0.2, 0.25) is 0 Å². The van der Waals surface area contributed by atoms with Gasteiger partial charge in [0.1, 0.15) is 5.82 Å². The number of rotatable bonds is 6. The highest BCUT2D eigenvalue weighted by Crippen LogP contribution is 2.19. The average molecular weight is 391 g/mol. The van der Waals surface area contributed by atoms with E-state index in [2.05, 4.69) is 4.72 Å². The molecule has 8 heteroatoms. The second-order valence-electron chi connectivity index (χ2n) is 6.51. The minimum atomic E-state index is -3.94. The Kier molecular flexibility index (Phi) is 5.88. The van der Waals surface area contributed by atoms with Crippen LogP contribution in [-0.2, 0) is 10.0 Å². The van der Waals surface area contributed by atoms with Gasteiger partial charge in [0.25, 0.3) is 5.91 Å². The molecule has 1 aliphatic heterocycles. The number of nitrogens with two attached hydrogens (primary N) is 1. The van der Waals surface area contributed by atoms with Crippen molar-refractivity contribution in [1.29, 1.82) is 0 Å². The summed E-state index contributed by atoms with van der Waals surface area (Å²) in [5.41, 5.74) is 6.67. The number of benzene rings is 2. The van der Waals surface area contributed by atoms with Crippen molar-refractivity contribution < 1.29 is 17.6 Å². The number of nitrogens with zero attached hydrogens (tertiary/aromatic N) is 1. The summed E-state index contributed by atoms with van der Waals surface area (Å²) in [6.07, 6.45) is 1.79. The first kappa shape index (κ1) is 19.5. The summed E-state index contributed by atoms with van der Waals surface area (Å²) in [6.45, 7) is 1.16. The number of halogens is 1. The number of hydrogen-bond donors (Lipinski definition) is 2. The highest BCUT2D eigenvalue weighted by atomic mass is 32.2. The molecule has 0 spiro atoms. The van der Waals surface area contributed by atoms with Gasteiger partial charge >= 0.3 is 0 Å². The van der Waals surface area contributed by atoms with E-state index >= 15 is 0 Å². The van der Waals surface area contributed by atoms with Crippen LogP contribution < -0.4 is 10.5 Å². The second kappa shape index (κ2) is 8.16. The summed E-state index contributed by atoms with van der Waals surface area (Å²) in [5.74, 6) is -1.25. The van der Waals surface area contributed by atoms with Crippen molar-refractivity contribution in [2.45, 2.75) is 23.8 Å². The fourth-order valence-corrected chi connectivity index (χ4v) is 4.10. The number of nitrogens with one attached hydrogen (secondary N) is 1. The van der Waals surface area contributed by atoms with Crippen molar-refractivity contribution in [3.05, 3.63) is 65.5 Å². The lowest BCUT2D eigenvalue weighted by Crippen LogP contribution is -2.32. The summed E-state index contributed by atoms with van der Waals surface area (Å²) in [7, 11) is -3.94. The van der Waals surface area contributed by atoms with Gasteiger partial charge in [-0.2, -0.15) is 0 Å². The first-order valence-corrected chi connectivity index (χ1v) is 10.3. The number of carbonyl (C=O) groups is 1. The number of carbonyl (C=O) groups excluding carboxylic acids is 1. The minimum Gasteiger partial charge on any atom is -0.339 e. The van der Waals surface area contributed by atoms with Crippen LogP contribution in [0.3, 0.4) is 0 Å². The van der Waals surface area contributed by atoms with E-state index in [1.54, 1.807) is 17.0 Å². The number of hydrogen-bond acceptors (Lipinski definition) is 4. The first-order valence-electron chi connectivity index (χ1n) is 8.77. The highest BCUT2D eigenvalue weighted by molar-refractivity contribution is 7.89. The summed E-state index contributed by atoms with van der Waals surface area (Å²) in [4.78, 5) is 13.6. The van der Waals surface area contributed by atoms with E-state index in [1.807, 2.05) is 18.2 Å². The van der Waals surface area contributed by atoms with Gasteiger partial charge in [-0.15, -0.1) is 0 Å². The van der Waals surface area contributed by atoms with Crippen LogP contribution in [0.1, 0.15) is 34.8 Å². The molecule has 1 unspecified atom stereocenters. The van der Waals surface area contributed by atoms with Gasteiger partial charge in [0, 0.05) is 25.7 Å². The van der Waals surface area contributed by atoms with Gasteiger partial charge in [-0.05, 0) is 36.6 Å². The molecule has 1 fully saturated rings. The van der Waals surface area contributed by atoms with E-state index < -0.39 is 27.8 Å². The molecule has 144 valence electrons. The molecule has 2 aromatic carbocycles. The van der Waals surface area contributed by atoms with Crippen molar-refractivity contribution >= 4 is 15.9 Å². The predicted octanol–water partition coefficient (Wildman–Crippen LogP) is 2.04.